The Labute approximate surface area is 133 Å². The summed E-state index contributed by atoms with van der Waals surface area (Å²) in [6.45, 7) is 4.57. The standard InChI is InChI=1S/C17H28N2OS/c1-17(2)10-9-14-13(11-17)15(20)18-16(21-14)19(3)12-7-5-4-6-8-12/h12-14H,4-11H2,1-3H3. The van der Waals surface area contributed by atoms with Gasteiger partial charge in [0.2, 0.25) is 0 Å². The smallest absolute Gasteiger partial charge is 0.252 e. The zero-order valence-electron chi connectivity index (χ0n) is 13.6. The summed E-state index contributed by atoms with van der Waals surface area (Å²) in [4.78, 5) is 19.3. The fraction of sp³-hybridized carbons (Fsp3) is 0.882. The molecule has 0 N–H and O–H groups in total. The number of amides is 1. The summed E-state index contributed by atoms with van der Waals surface area (Å²) >= 11 is 1.88. The maximum Gasteiger partial charge on any atom is 0.252 e. The topological polar surface area (TPSA) is 32.7 Å². The van der Waals surface area contributed by atoms with E-state index in [1.54, 1.807) is 0 Å². The Balaban J connectivity index is 1.72. The van der Waals surface area contributed by atoms with Crippen molar-refractivity contribution in [3.63, 3.8) is 0 Å². The van der Waals surface area contributed by atoms with Crippen LogP contribution in [-0.4, -0.2) is 34.3 Å². The van der Waals surface area contributed by atoms with Gasteiger partial charge in [0.15, 0.2) is 5.17 Å². The summed E-state index contributed by atoms with van der Waals surface area (Å²) in [5.74, 6) is 0.298. The first-order valence-corrected chi connectivity index (χ1v) is 9.36. The number of carbonyl (C=O) groups excluding carboxylic acids is 1. The molecule has 0 aromatic carbocycles. The molecule has 2 atom stereocenters. The Morgan fingerprint density at radius 2 is 1.90 bits per heavy atom. The molecule has 3 rings (SSSR count). The number of fused-ring (bicyclic) bond motifs is 1. The highest BCUT2D eigenvalue weighted by Gasteiger charge is 2.43. The van der Waals surface area contributed by atoms with E-state index < -0.39 is 0 Å². The number of thioether (sulfide) groups is 1. The van der Waals surface area contributed by atoms with Crippen LogP contribution in [0.15, 0.2) is 4.99 Å². The first-order chi connectivity index (χ1) is 9.96. The van der Waals surface area contributed by atoms with E-state index >= 15 is 0 Å². The number of carbonyl (C=O) groups is 1. The molecule has 4 heteroatoms. The molecule has 118 valence electrons. The Bertz CT molecular complexity index is 440. The Hall–Kier alpha value is -0.510. The minimum Gasteiger partial charge on any atom is -0.351 e. The lowest BCUT2D eigenvalue weighted by Gasteiger charge is -2.43. The molecule has 2 saturated carbocycles. The van der Waals surface area contributed by atoms with Gasteiger partial charge in [0.05, 0.1) is 5.92 Å². The number of hydrogen-bond donors (Lipinski definition) is 0. The first-order valence-electron chi connectivity index (χ1n) is 8.48. The highest BCUT2D eigenvalue weighted by molar-refractivity contribution is 8.14. The summed E-state index contributed by atoms with van der Waals surface area (Å²) in [6.07, 6.45) is 9.91. The van der Waals surface area contributed by atoms with Crippen molar-refractivity contribution in [2.24, 2.45) is 16.3 Å². The predicted molar refractivity (Wildman–Crippen MR) is 89.6 cm³/mol. The van der Waals surface area contributed by atoms with Gasteiger partial charge in [0, 0.05) is 18.3 Å². The van der Waals surface area contributed by atoms with Crippen LogP contribution < -0.4 is 0 Å². The summed E-state index contributed by atoms with van der Waals surface area (Å²) in [5.41, 5.74) is 0.305. The third kappa shape index (κ3) is 3.30. The Morgan fingerprint density at radius 3 is 2.62 bits per heavy atom. The van der Waals surface area contributed by atoms with Crippen LogP contribution in [-0.2, 0) is 4.79 Å². The lowest BCUT2D eigenvalue weighted by Crippen LogP contribution is -2.44. The van der Waals surface area contributed by atoms with Gasteiger partial charge >= 0.3 is 0 Å². The number of aliphatic imine (C=N–C) groups is 1. The van der Waals surface area contributed by atoms with E-state index in [1.807, 2.05) is 11.8 Å². The quantitative estimate of drug-likeness (QED) is 0.732. The molecule has 0 saturated heterocycles. The van der Waals surface area contributed by atoms with Crippen molar-refractivity contribution in [1.82, 2.24) is 4.90 Å². The lowest BCUT2D eigenvalue weighted by molar-refractivity contribution is -0.123. The number of hydrogen-bond acceptors (Lipinski definition) is 3. The summed E-state index contributed by atoms with van der Waals surface area (Å²) < 4.78 is 0. The van der Waals surface area contributed by atoms with E-state index in [-0.39, 0.29) is 11.8 Å². The molecule has 2 unspecified atom stereocenters. The normalized spacial score (nSPS) is 33.3. The minimum absolute atomic E-state index is 0.143. The van der Waals surface area contributed by atoms with E-state index in [2.05, 4.69) is 30.8 Å². The maximum absolute atomic E-state index is 12.5. The molecule has 1 amide bonds. The van der Waals surface area contributed by atoms with Crippen molar-refractivity contribution in [2.45, 2.75) is 76.5 Å². The van der Waals surface area contributed by atoms with Crippen LogP contribution in [0.5, 0.6) is 0 Å². The number of amidine groups is 1. The van der Waals surface area contributed by atoms with E-state index in [1.165, 1.54) is 38.5 Å². The van der Waals surface area contributed by atoms with Crippen LogP contribution in [0.1, 0.15) is 65.2 Å². The van der Waals surface area contributed by atoms with Crippen molar-refractivity contribution in [3.8, 4) is 0 Å². The van der Waals surface area contributed by atoms with Gasteiger partial charge in [-0.15, -0.1) is 0 Å². The van der Waals surface area contributed by atoms with Gasteiger partial charge in [0.1, 0.15) is 0 Å². The number of nitrogens with zero attached hydrogens (tertiary/aromatic N) is 2. The van der Waals surface area contributed by atoms with Crippen LogP contribution >= 0.6 is 11.8 Å². The third-order valence-electron chi connectivity index (χ3n) is 5.53. The summed E-state index contributed by atoms with van der Waals surface area (Å²) in [5, 5.41) is 1.46. The molecule has 0 aromatic rings. The third-order valence-corrected chi connectivity index (χ3v) is 6.99. The number of rotatable bonds is 1. The maximum atomic E-state index is 12.5. The molecule has 2 fully saturated rings. The Morgan fingerprint density at radius 1 is 1.19 bits per heavy atom. The molecular formula is C17H28N2OS. The predicted octanol–water partition coefficient (Wildman–Crippen LogP) is 4.08. The molecule has 21 heavy (non-hydrogen) atoms. The highest BCUT2D eigenvalue weighted by atomic mass is 32.2. The van der Waals surface area contributed by atoms with Gasteiger partial charge in [-0.1, -0.05) is 44.9 Å². The van der Waals surface area contributed by atoms with Crippen LogP contribution in [0, 0.1) is 11.3 Å². The van der Waals surface area contributed by atoms with Gasteiger partial charge in [-0.25, -0.2) is 0 Å². The van der Waals surface area contributed by atoms with E-state index in [0.29, 0.717) is 16.7 Å². The summed E-state index contributed by atoms with van der Waals surface area (Å²) in [7, 11) is 2.14. The fourth-order valence-corrected chi connectivity index (χ4v) is 5.42. The zero-order valence-corrected chi connectivity index (χ0v) is 14.4. The molecular weight excluding hydrogens is 280 g/mol. The van der Waals surface area contributed by atoms with E-state index in [0.717, 1.165) is 18.0 Å². The fourth-order valence-electron chi connectivity index (χ4n) is 4.08. The van der Waals surface area contributed by atoms with Gasteiger partial charge in [-0.3, -0.25) is 4.79 Å². The molecule has 2 aliphatic carbocycles. The lowest BCUT2D eigenvalue weighted by atomic mass is 9.71. The molecule has 0 spiro atoms. The minimum atomic E-state index is 0.143. The van der Waals surface area contributed by atoms with Crippen molar-refractivity contribution in [2.75, 3.05) is 7.05 Å². The second-order valence-corrected chi connectivity index (χ2v) is 9.01. The first kappa shape index (κ1) is 15.4. The van der Waals surface area contributed by atoms with Crippen LogP contribution in [0.25, 0.3) is 0 Å². The van der Waals surface area contributed by atoms with E-state index in [4.69, 9.17) is 0 Å². The van der Waals surface area contributed by atoms with Crippen molar-refractivity contribution >= 4 is 22.8 Å². The second-order valence-electron chi connectivity index (χ2n) is 7.81. The van der Waals surface area contributed by atoms with Crippen molar-refractivity contribution < 1.29 is 4.79 Å². The van der Waals surface area contributed by atoms with Gasteiger partial charge in [-0.05, 0) is 37.5 Å². The van der Waals surface area contributed by atoms with E-state index in [9.17, 15) is 4.79 Å². The highest BCUT2D eigenvalue weighted by Crippen LogP contribution is 2.46. The monoisotopic (exact) mass is 308 g/mol. The van der Waals surface area contributed by atoms with Gasteiger partial charge < -0.3 is 4.90 Å². The van der Waals surface area contributed by atoms with Crippen molar-refractivity contribution in [1.29, 1.82) is 0 Å². The average molecular weight is 308 g/mol. The molecule has 1 aliphatic heterocycles. The van der Waals surface area contributed by atoms with Crippen LogP contribution in [0.3, 0.4) is 0 Å². The SMILES string of the molecule is CN(C1=NC(=O)C2CC(C)(C)CCC2S1)C1CCCCC1. The molecule has 3 nitrogen and oxygen atoms in total. The molecule has 3 aliphatic rings. The molecule has 0 aromatic heterocycles. The average Bonchev–Trinajstić information content (AvgIpc) is 2.47. The van der Waals surface area contributed by atoms with Crippen LogP contribution in [0.2, 0.25) is 0 Å². The molecule has 1 heterocycles. The molecule has 0 radical (unpaired) electrons. The largest absolute Gasteiger partial charge is 0.351 e. The summed E-state index contributed by atoms with van der Waals surface area (Å²) in [6, 6.07) is 0.592. The zero-order chi connectivity index (χ0) is 15.0. The second kappa shape index (κ2) is 5.94. The molecule has 0 bridgehead atoms. The Kier molecular flexibility index (Phi) is 4.35. The van der Waals surface area contributed by atoms with Crippen molar-refractivity contribution in [3.05, 3.63) is 0 Å². The van der Waals surface area contributed by atoms with Gasteiger partial charge in [-0.2, -0.15) is 4.99 Å². The van der Waals surface area contributed by atoms with Crippen LogP contribution in [0.4, 0.5) is 0 Å². The van der Waals surface area contributed by atoms with Gasteiger partial charge in [0.25, 0.3) is 5.91 Å².